The van der Waals surface area contributed by atoms with Gasteiger partial charge < -0.3 is 10.6 Å². The molecule has 0 amide bonds. The molecule has 2 atom stereocenters. The van der Waals surface area contributed by atoms with Crippen molar-refractivity contribution in [1.82, 2.24) is 10.6 Å². The Morgan fingerprint density at radius 3 is 2.65 bits per heavy atom. The van der Waals surface area contributed by atoms with Gasteiger partial charge in [-0.2, -0.15) is 0 Å². The van der Waals surface area contributed by atoms with Crippen LogP contribution in [0.15, 0.2) is 24.3 Å². The zero-order valence-corrected chi connectivity index (χ0v) is 11.0. The van der Waals surface area contributed by atoms with Crippen molar-refractivity contribution >= 4 is 0 Å². The molecule has 1 aromatic carbocycles. The maximum Gasteiger partial charge on any atom is 0.0332 e. The zero-order valence-electron chi connectivity index (χ0n) is 11.0. The average Bonchev–Trinajstić information content (AvgIpc) is 2.89. The summed E-state index contributed by atoms with van der Waals surface area (Å²) in [6, 6.07) is 10.2. The first-order chi connectivity index (χ1) is 8.33. The highest BCUT2D eigenvalue weighted by atomic mass is 15.0. The molecule has 2 rings (SSSR count). The second-order valence-corrected chi connectivity index (χ2v) is 4.97. The van der Waals surface area contributed by atoms with Crippen LogP contribution in [-0.4, -0.2) is 19.6 Å². The summed E-state index contributed by atoms with van der Waals surface area (Å²) < 4.78 is 0. The smallest absolute Gasteiger partial charge is 0.0332 e. The predicted molar refractivity (Wildman–Crippen MR) is 73.3 cm³/mol. The molecule has 94 valence electrons. The van der Waals surface area contributed by atoms with Crippen molar-refractivity contribution in [2.24, 2.45) is 0 Å². The van der Waals surface area contributed by atoms with Gasteiger partial charge in [0.2, 0.25) is 0 Å². The minimum absolute atomic E-state index is 0.483. The molecule has 0 saturated carbocycles. The number of benzene rings is 1. The molecule has 1 aliphatic heterocycles. The van der Waals surface area contributed by atoms with E-state index in [9.17, 15) is 0 Å². The van der Waals surface area contributed by atoms with Gasteiger partial charge in [0.1, 0.15) is 0 Å². The molecule has 1 fully saturated rings. The Kier molecular flexibility index (Phi) is 4.57. The van der Waals surface area contributed by atoms with E-state index in [0.29, 0.717) is 12.1 Å². The van der Waals surface area contributed by atoms with Crippen LogP contribution in [0.2, 0.25) is 0 Å². The van der Waals surface area contributed by atoms with Crippen LogP contribution in [0.25, 0.3) is 0 Å². The third kappa shape index (κ3) is 3.30. The minimum atomic E-state index is 0.483. The monoisotopic (exact) mass is 232 g/mol. The quantitative estimate of drug-likeness (QED) is 0.815. The van der Waals surface area contributed by atoms with Crippen molar-refractivity contribution in [3.8, 4) is 0 Å². The van der Waals surface area contributed by atoms with E-state index in [0.717, 1.165) is 6.42 Å². The number of rotatable bonds is 5. The van der Waals surface area contributed by atoms with E-state index >= 15 is 0 Å². The van der Waals surface area contributed by atoms with E-state index in [1.54, 1.807) is 0 Å². The predicted octanol–water partition coefficient (Wildman–Crippen LogP) is 2.65. The van der Waals surface area contributed by atoms with Crippen molar-refractivity contribution in [3.05, 3.63) is 35.4 Å². The maximum absolute atomic E-state index is 3.57. The van der Waals surface area contributed by atoms with Crippen LogP contribution in [0.4, 0.5) is 0 Å². The molecule has 17 heavy (non-hydrogen) atoms. The minimum Gasteiger partial charge on any atom is -0.314 e. The number of hydrogen-bond donors (Lipinski definition) is 2. The van der Waals surface area contributed by atoms with Crippen molar-refractivity contribution < 1.29 is 0 Å². The highest BCUT2D eigenvalue weighted by Gasteiger charge is 2.19. The molecular formula is C15H24N2. The summed E-state index contributed by atoms with van der Waals surface area (Å²) in [7, 11) is 2.06. The Labute approximate surface area is 105 Å². The summed E-state index contributed by atoms with van der Waals surface area (Å²) >= 11 is 0. The van der Waals surface area contributed by atoms with Gasteiger partial charge in [0, 0.05) is 12.1 Å². The topological polar surface area (TPSA) is 24.1 Å². The molecule has 0 bridgehead atoms. The second-order valence-electron chi connectivity index (χ2n) is 4.97. The van der Waals surface area contributed by atoms with E-state index in [4.69, 9.17) is 0 Å². The summed E-state index contributed by atoms with van der Waals surface area (Å²) in [6.07, 6.45) is 4.97. The van der Waals surface area contributed by atoms with Crippen LogP contribution in [0.3, 0.4) is 0 Å². The van der Waals surface area contributed by atoms with Gasteiger partial charge in [0.05, 0.1) is 0 Å². The van der Waals surface area contributed by atoms with E-state index in [1.807, 2.05) is 0 Å². The van der Waals surface area contributed by atoms with Gasteiger partial charge in [-0.1, -0.05) is 31.2 Å². The van der Waals surface area contributed by atoms with E-state index in [-0.39, 0.29) is 0 Å². The Balaban J connectivity index is 2.00. The highest BCUT2D eigenvalue weighted by molar-refractivity contribution is 5.25. The van der Waals surface area contributed by atoms with Gasteiger partial charge in [-0.25, -0.2) is 0 Å². The molecule has 2 N–H and O–H groups in total. The molecule has 2 unspecified atom stereocenters. The molecule has 0 radical (unpaired) electrons. The Morgan fingerprint density at radius 2 is 2.12 bits per heavy atom. The van der Waals surface area contributed by atoms with Gasteiger partial charge in [-0.15, -0.1) is 0 Å². The molecule has 1 saturated heterocycles. The molecular weight excluding hydrogens is 208 g/mol. The number of aryl methyl sites for hydroxylation is 1. The Bertz CT molecular complexity index is 325. The van der Waals surface area contributed by atoms with E-state index in [1.165, 1.54) is 36.9 Å². The summed E-state index contributed by atoms with van der Waals surface area (Å²) in [5.74, 6) is 0. The summed E-state index contributed by atoms with van der Waals surface area (Å²) in [5.41, 5.74) is 2.83. The first kappa shape index (κ1) is 12.6. The normalized spacial score (nSPS) is 21.6. The number of hydrogen-bond acceptors (Lipinski definition) is 2. The highest BCUT2D eigenvalue weighted by Crippen LogP contribution is 2.22. The van der Waals surface area contributed by atoms with E-state index < -0.39 is 0 Å². The van der Waals surface area contributed by atoms with E-state index in [2.05, 4.69) is 48.9 Å². The fourth-order valence-electron chi connectivity index (χ4n) is 2.65. The molecule has 0 aromatic heterocycles. The van der Waals surface area contributed by atoms with Crippen molar-refractivity contribution in [3.63, 3.8) is 0 Å². The van der Waals surface area contributed by atoms with Crippen molar-refractivity contribution in [2.45, 2.75) is 44.7 Å². The lowest BCUT2D eigenvalue weighted by Gasteiger charge is -2.21. The molecule has 2 nitrogen and oxygen atoms in total. The number of nitrogens with one attached hydrogen (secondary N) is 2. The molecule has 0 spiro atoms. The first-order valence-electron chi connectivity index (χ1n) is 6.83. The van der Waals surface area contributed by atoms with Crippen LogP contribution in [0, 0.1) is 0 Å². The first-order valence-corrected chi connectivity index (χ1v) is 6.83. The van der Waals surface area contributed by atoms with Gasteiger partial charge in [-0.05, 0) is 50.4 Å². The lowest BCUT2D eigenvalue weighted by Crippen LogP contribution is -2.28. The molecule has 1 aromatic rings. The van der Waals surface area contributed by atoms with Crippen molar-refractivity contribution in [2.75, 3.05) is 13.6 Å². The van der Waals surface area contributed by atoms with Crippen LogP contribution < -0.4 is 10.6 Å². The van der Waals surface area contributed by atoms with Crippen molar-refractivity contribution in [1.29, 1.82) is 0 Å². The van der Waals surface area contributed by atoms with Crippen LogP contribution in [0.1, 0.15) is 43.4 Å². The fourth-order valence-corrected chi connectivity index (χ4v) is 2.65. The molecule has 2 heteroatoms. The van der Waals surface area contributed by atoms with Gasteiger partial charge in [-0.3, -0.25) is 0 Å². The zero-order chi connectivity index (χ0) is 12.1. The standard InChI is InChI=1S/C15H24N2/c1-3-12-6-8-13(9-7-12)15(16-2)11-14-5-4-10-17-14/h6-9,14-17H,3-5,10-11H2,1-2H3. The lowest BCUT2D eigenvalue weighted by molar-refractivity contribution is 0.453. The summed E-state index contributed by atoms with van der Waals surface area (Å²) in [6.45, 7) is 3.39. The lowest BCUT2D eigenvalue weighted by atomic mass is 9.97. The third-order valence-electron chi connectivity index (χ3n) is 3.82. The van der Waals surface area contributed by atoms with Gasteiger partial charge >= 0.3 is 0 Å². The molecule has 1 heterocycles. The van der Waals surface area contributed by atoms with Crippen LogP contribution in [0.5, 0.6) is 0 Å². The Morgan fingerprint density at radius 1 is 1.35 bits per heavy atom. The van der Waals surface area contributed by atoms with Gasteiger partial charge in [0.15, 0.2) is 0 Å². The summed E-state index contributed by atoms with van der Waals surface area (Å²) in [4.78, 5) is 0. The Hall–Kier alpha value is -0.860. The molecule has 1 aliphatic rings. The average molecular weight is 232 g/mol. The van der Waals surface area contributed by atoms with Gasteiger partial charge in [0.25, 0.3) is 0 Å². The largest absolute Gasteiger partial charge is 0.314 e. The summed E-state index contributed by atoms with van der Waals surface area (Å²) in [5, 5.41) is 7.02. The fraction of sp³-hybridized carbons (Fsp3) is 0.600. The van der Waals surface area contributed by atoms with Crippen LogP contribution in [-0.2, 0) is 6.42 Å². The third-order valence-corrected chi connectivity index (χ3v) is 3.82. The molecule has 0 aliphatic carbocycles. The second kappa shape index (κ2) is 6.18. The SMILES string of the molecule is CCc1ccc(C(CC2CCCN2)NC)cc1. The maximum atomic E-state index is 3.57. The van der Waals surface area contributed by atoms with Crippen LogP contribution >= 0.6 is 0 Å².